The van der Waals surface area contributed by atoms with Gasteiger partial charge in [0.2, 0.25) is 11.8 Å². The van der Waals surface area contributed by atoms with E-state index in [2.05, 4.69) is 22.5 Å². The molecule has 1 aromatic heterocycles. The number of hydrogen-bond acceptors (Lipinski definition) is 4. The van der Waals surface area contributed by atoms with Gasteiger partial charge in [-0.15, -0.1) is 0 Å². The van der Waals surface area contributed by atoms with Crippen LogP contribution in [0.15, 0.2) is 4.42 Å². The second-order valence-electron chi connectivity index (χ2n) is 5.71. The first-order valence-electron chi connectivity index (χ1n) is 7.49. The van der Waals surface area contributed by atoms with Crippen LogP contribution in [0, 0.1) is 19.3 Å². The molecular weight excluding hydrogens is 254 g/mol. The number of aromatic nitrogens is 1. The predicted molar refractivity (Wildman–Crippen MR) is 77.3 cm³/mol. The normalized spacial score (nSPS) is 17.9. The summed E-state index contributed by atoms with van der Waals surface area (Å²) in [5, 5.41) is 6.34. The minimum Gasteiger partial charge on any atom is -0.444 e. The summed E-state index contributed by atoms with van der Waals surface area (Å²) in [7, 11) is 0. The number of hydrogen-bond donors (Lipinski definition) is 2. The number of aryl methyl sites for hydroxylation is 2. The summed E-state index contributed by atoms with van der Waals surface area (Å²) in [5.74, 6) is 1.56. The molecule has 0 atom stereocenters. The number of amides is 1. The molecule has 2 rings (SSSR count). The molecule has 0 aromatic carbocycles. The summed E-state index contributed by atoms with van der Waals surface area (Å²) >= 11 is 0. The van der Waals surface area contributed by atoms with Crippen LogP contribution >= 0.6 is 0 Å². The standard InChI is InChI=1S/C15H25N3O2/c1-4-5-15(6-8-16-9-7-15)14(19)17-10-13-18-11(2)12(3)20-13/h16H,4-10H2,1-3H3,(H,17,19). The number of nitrogens with one attached hydrogen (secondary N) is 2. The zero-order valence-electron chi connectivity index (χ0n) is 12.7. The van der Waals surface area contributed by atoms with Crippen LogP contribution in [-0.2, 0) is 11.3 Å². The van der Waals surface area contributed by atoms with Gasteiger partial charge in [-0.25, -0.2) is 4.98 Å². The molecule has 112 valence electrons. The second kappa shape index (κ2) is 6.39. The Morgan fingerprint density at radius 3 is 2.65 bits per heavy atom. The van der Waals surface area contributed by atoms with Crippen molar-refractivity contribution in [3.8, 4) is 0 Å². The van der Waals surface area contributed by atoms with Gasteiger partial charge < -0.3 is 15.1 Å². The van der Waals surface area contributed by atoms with Gasteiger partial charge in [-0.3, -0.25) is 4.79 Å². The zero-order valence-corrected chi connectivity index (χ0v) is 12.7. The lowest BCUT2D eigenvalue weighted by molar-refractivity contribution is -0.133. The highest BCUT2D eigenvalue weighted by Crippen LogP contribution is 2.34. The molecule has 0 saturated carbocycles. The lowest BCUT2D eigenvalue weighted by Crippen LogP contribution is -2.47. The lowest BCUT2D eigenvalue weighted by Gasteiger charge is -2.36. The van der Waals surface area contributed by atoms with Crippen LogP contribution in [0.5, 0.6) is 0 Å². The Morgan fingerprint density at radius 1 is 1.40 bits per heavy atom. The van der Waals surface area contributed by atoms with Crippen molar-refractivity contribution >= 4 is 5.91 Å². The van der Waals surface area contributed by atoms with Crippen LogP contribution in [-0.4, -0.2) is 24.0 Å². The van der Waals surface area contributed by atoms with Crippen molar-refractivity contribution in [3.63, 3.8) is 0 Å². The molecule has 1 saturated heterocycles. The summed E-state index contributed by atoms with van der Waals surface area (Å²) < 4.78 is 5.51. The van der Waals surface area contributed by atoms with E-state index in [1.54, 1.807) is 0 Å². The number of rotatable bonds is 5. The number of carbonyl (C=O) groups excluding carboxylic acids is 1. The Bertz CT molecular complexity index is 437. The van der Waals surface area contributed by atoms with Gasteiger partial charge in [-0.1, -0.05) is 13.3 Å². The Hall–Kier alpha value is -1.36. The minimum atomic E-state index is -0.212. The Kier molecular flexibility index (Phi) is 4.81. The molecule has 20 heavy (non-hydrogen) atoms. The molecule has 0 aliphatic carbocycles. The SMILES string of the molecule is CCCC1(C(=O)NCc2nc(C)c(C)o2)CCNCC1. The maximum absolute atomic E-state index is 12.6. The highest BCUT2D eigenvalue weighted by molar-refractivity contribution is 5.82. The van der Waals surface area contributed by atoms with E-state index in [1.807, 2.05) is 13.8 Å². The van der Waals surface area contributed by atoms with Gasteiger partial charge in [0, 0.05) is 0 Å². The van der Waals surface area contributed by atoms with Crippen molar-refractivity contribution < 1.29 is 9.21 Å². The molecule has 5 heteroatoms. The van der Waals surface area contributed by atoms with Crippen molar-refractivity contribution in [2.24, 2.45) is 5.41 Å². The smallest absolute Gasteiger partial charge is 0.226 e. The van der Waals surface area contributed by atoms with Gasteiger partial charge in [0.05, 0.1) is 17.7 Å². The van der Waals surface area contributed by atoms with Crippen molar-refractivity contribution in [1.29, 1.82) is 0 Å². The Morgan fingerprint density at radius 2 is 2.10 bits per heavy atom. The van der Waals surface area contributed by atoms with E-state index in [0.29, 0.717) is 12.4 Å². The summed E-state index contributed by atoms with van der Waals surface area (Å²) in [6, 6.07) is 0. The van der Waals surface area contributed by atoms with Crippen LogP contribution in [0.25, 0.3) is 0 Å². The number of oxazole rings is 1. The average Bonchev–Trinajstić information content (AvgIpc) is 2.76. The van der Waals surface area contributed by atoms with Crippen LogP contribution < -0.4 is 10.6 Å². The van der Waals surface area contributed by atoms with Gasteiger partial charge >= 0.3 is 0 Å². The topological polar surface area (TPSA) is 67.2 Å². The van der Waals surface area contributed by atoms with E-state index in [-0.39, 0.29) is 11.3 Å². The van der Waals surface area contributed by atoms with E-state index in [9.17, 15) is 4.79 Å². The first-order valence-corrected chi connectivity index (χ1v) is 7.49. The molecule has 0 radical (unpaired) electrons. The van der Waals surface area contributed by atoms with Gasteiger partial charge in [0.25, 0.3) is 0 Å². The van der Waals surface area contributed by atoms with E-state index >= 15 is 0 Å². The molecule has 1 aromatic rings. The van der Waals surface area contributed by atoms with Crippen LogP contribution in [0.4, 0.5) is 0 Å². The third kappa shape index (κ3) is 3.20. The molecule has 1 amide bonds. The lowest BCUT2D eigenvalue weighted by atomic mass is 9.74. The van der Waals surface area contributed by atoms with E-state index in [0.717, 1.165) is 50.2 Å². The quantitative estimate of drug-likeness (QED) is 0.866. The van der Waals surface area contributed by atoms with Crippen molar-refractivity contribution in [3.05, 3.63) is 17.3 Å². The molecule has 1 fully saturated rings. The zero-order chi connectivity index (χ0) is 14.6. The fourth-order valence-electron chi connectivity index (χ4n) is 2.93. The fourth-order valence-corrected chi connectivity index (χ4v) is 2.93. The fraction of sp³-hybridized carbons (Fsp3) is 0.733. The molecule has 0 bridgehead atoms. The monoisotopic (exact) mass is 279 g/mol. The summed E-state index contributed by atoms with van der Waals surface area (Å²) in [6.45, 7) is 8.16. The third-order valence-corrected chi connectivity index (χ3v) is 4.24. The second-order valence-corrected chi connectivity index (χ2v) is 5.71. The summed E-state index contributed by atoms with van der Waals surface area (Å²) in [4.78, 5) is 16.9. The molecule has 1 aliphatic rings. The van der Waals surface area contributed by atoms with Crippen molar-refractivity contribution in [2.75, 3.05) is 13.1 Å². The Balaban J connectivity index is 1.98. The molecule has 1 aliphatic heterocycles. The van der Waals surface area contributed by atoms with E-state index < -0.39 is 0 Å². The highest BCUT2D eigenvalue weighted by atomic mass is 16.4. The molecule has 0 spiro atoms. The third-order valence-electron chi connectivity index (χ3n) is 4.24. The molecule has 2 N–H and O–H groups in total. The highest BCUT2D eigenvalue weighted by Gasteiger charge is 2.38. The maximum atomic E-state index is 12.6. The average molecular weight is 279 g/mol. The van der Waals surface area contributed by atoms with Crippen LogP contribution in [0.2, 0.25) is 0 Å². The minimum absolute atomic E-state index is 0.148. The van der Waals surface area contributed by atoms with Crippen LogP contribution in [0.3, 0.4) is 0 Å². The summed E-state index contributed by atoms with van der Waals surface area (Å²) in [5.41, 5.74) is 0.677. The molecule has 5 nitrogen and oxygen atoms in total. The van der Waals surface area contributed by atoms with Crippen molar-refractivity contribution in [2.45, 2.75) is 53.0 Å². The Labute approximate surface area is 120 Å². The van der Waals surface area contributed by atoms with Crippen LogP contribution in [0.1, 0.15) is 50.0 Å². The van der Waals surface area contributed by atoms with E-state index in [4.69, 9.17) is 4.42 Å². The largest absolute Gasteiger partial charge is 0.444 e. The van der Waals surface area contributed by atoms with Gasteiger partial charge in [-0.2, -0.15) is 0 Å². The predicted octanol–water partition coefficient (Wildman–Crippen LogP) is 2.08. The van der Waals surface area contributed by atoms with Gasteiger partial charge in [0.15, 0.2) is 0 Å². The number of piperidine rings is 1. The molecular formula is C15H25N3O2. The maximum Gasteiger partial charge on any atom is 0.226 e. The summed E-state index contributed by atoms with van der Waals surface area (Å²) in [6.07, 6.45) is 3.81. The van der Waals surface area contributed by atoms with E-state index in [1.165, 1.54) is 0 Å². The molecule has 0 unspecified atom stereocenters. The number of carbonyl (C=O) groups is 1. The van der Waals surface area contributed by atoms with Gasteiger partial charge in [0.1, 0.15) is 5.76 Å². The first-order chi connectivity index (χ1) is 9.57. The van der Waals surface area contributed by atoms with Gasteiger partial charge in [-0.05, 0) is 46.2 Å². The number of nitrogens with zero attached hydrogens (tertiary/aromatic N) is 1. The van der Waals surface area contributed by atoms with Crippen molar-refractivity contribution in [1.82, 2.24) is 15.6 Å². The molecule has 2 heterocycles. The first kappa shape index (κ1) is 15.0.